The summed E-state index contributed by atoms with van der Waals surface area (Å²) in [6, 6.07) is 11.5. The highest BCUT2D eigenvalue weighted by atomic mass is 35.5. The standard InChI is InChI=1S/C21H14ClF2N3OS/c1-11-8-14-19(13-4-2-3-5-15(13)22)18(10-25-20(14)29-11)27-21(28)26-17-7-6-12(23)9-16(17)24/h2-10H,1H3,(H2,26,27,28). The minimum Gasteiger partial charge on any atom is -0.306 e. The molecule has 0 fully saturated rings. The molecule has 0 aliphatic heterocycles. The number of hydrogen-bond acceptors (Lipinski definition) is 3. The van der Waals surface area contributed by atoms with Crippen molar-refractivity contribution in [2.45, 2.75) is 6.92 Å². The first kappa shape index (κ1) is 19.3. The van der Waals surface area contributed by atoms with E-state index in [0.29, 0.717) is 16.8 Å². The summed E-state index contributed by atoms with van der Waals surface area (Å²) in [4.78, 5) is 18.8. The summed E-state index contributed by atoms with van der Waals surface area (Å²) in [6.07, 6.45) is 1.54. The van der Waals surface area contributed by atoms with Crippen LogP contribution in [0.1, 0.15) is 4.88 Å². The molecule has 2 aromatic heterocycles. The fourth-order valence-electron chi connectivity index (χ4n) is 3.03. The molecule has 4 rings (SSSR count). The minimum atomic E-state index is -0.867. The Bertz CT molecular complexity index is 1240. The van der Waals surface area contributed by atoms with Crippen LogP contribution in [-0.2, 0) is 0 Å². The van der Waals surface area contributed by atoms with Gasteiger partial charge in [-0.15, -0.1) is 11.3 Å². The predicted molar refractivity (Wildman–Crippen MR) is 114 cm³/mol. The molecule has 2 heterocycles. The Morgan fingerprint density at radius 3 is 2.59 bits per heavy atom. The molecule has 29 heavy (non-hydrogen) atoms. The average molecular weight is 430 g/mol. The van der Waals surface area contributed by atoms with E-state index >= 15 is 0 Å². The second kappa shape index (κ2) is 7.77. The molecular formula is C21H14ClF2N3OS. The Kier molecular flexibility index (Phi) is 5.17. The zero-order valence-corrected chi connectivity index (χ0v) is 16.7. The van der Waals surface area contributed by atoms with E-state index in [-0.39, 0.29) is 5.69 Å². The van der Waals surface area contributed by atoms with Gasteiger partial charge in [0.1, 0.15) is 16.5 Å². The van der Waals surface area contributed by atoms with Crippen LogP contribution in [0, 0.1) is 18.6 Å². The van der Waals surface area contributed by atoms with Crippen LogP contribution in [-0.4, -0.2) is 11.0 Å². The molecule has 0 spiro atoms. The van der Waals surface area contributed by atoms with Gasteiger partial charge >= 0.3 is 6.03 Å². The Labute approximate surface area is 174 Å². The van der Waals surface area contributed by atoms with Crippen molar-refractivity contribution in [3.63, 3.8) is 0 Å². The molecule has 0 radical (unpaired) electrons. The number of thiophene rings is 1. The molecule has 2 N–H and O–H groups in total. The summed E-state index contributed by atoms with van der Waals surface area (Å²) in [5.74, 6) is -1.59. The fraction of sp³-hybridized carbons (Fsp3) is 0.0476. The Morgan fingerprint density at radius 1 is 1.07 bits per heavy atom. The van der Waals surface area contributed by atoms with Crippen LogP contribution in [0.2, 0.25) is 5.02 Å². The smallest absolute Gasteiger partial charge is 0.306 e. The molecule has 146 valence electrons. The van der Waals surface area contributed by atoms with Crippen LogP contribution in [0.5, 0.6) is 0 Å². The molecule has 4 aromatic rings. The van der Waals surface area contributed by atoms with Gasteiger partial charge in [0.25, 0.3) is 0 Å². The number of carbonyl (C=O) groups excluding carboxylic acids is 1. The SMILES string of the molecule is Cc1cc2c(-c3ccccc3Cl)c(NC(=O)Nc3ccc(F)cc3F)cnc2s1. The van der Waals surface area contributed by atoms with Gasteiger partial charge in [0, 0.05) is 32.5 Å². The van der Waals surface area contributed by atoms with E-state index in [2.05, 4.69) is 15.6 Å². The van der Waals surface area contributed by atoms with E-state index < -0.39 is 17.7 Å². The zero-order valence-electron chi connectivity index (χ0n) is 15.1. The summed E-state index contributed by atoms with van der Waals surface area (Å²) in [7, 11) is 0. The molecule has 0 bridgehead atoms. The van der Waals surface area contributed by atoms with Crippen molar-refractivity contribution in [2.24, 2.45) is 0 Å². The second-order valence-electron chi connectivity index (χ2n) is 6.31. The molecule has 0 unspecified atom stereocenters. The molecule has 0 aliphatic carbocycles. The first-order chi connectivity index (χ1) is 13.9. The van der Waals surface area contributed by atoms with Gasteiger partial charge in [-0.25, -0.2) is 18.6 Å². The third kappa shape index (κ3) is 3.92. The lowest BCUT2D eigenvalue weighted by molar-refractivity contribution is 0.262. The minimum absolute atomic E-state index is 0.136. The molecule has 2 amide bonds. The van der Waals surface area contributed by atoms with Gasteiger partial charge in [-0.3, -0.25) is 0 Å². The van der Waals surface area contributed by atoms with Crippen molar-refractivity contribution < 1.29 is 13.6 Å². The topological polar surface area (TPSA) is 54.0 Å². The summed E-state index contributed by atoms with van der Waals surface area (Å²) in [5, 5.41) is 6.46. The number of nitrogens with one attached hydrogen (secondary N) is 2. The molecule has 0 atom stereocenters. The van der Waals surface area contributed by atoms with Gasteiger partial charge in [0.2, 0.25) is 0 Å². The van der Waals surface area contributed by atoms with E-state index in [0.717, 1.165) is 38.4 Å². The van der Waals surface area contributed by atoms with Gasteiger partial charge in [-0.05, 0) is 31.2 Å². The number of nitrogens with zero attached hydrogens (tertiary/aromatic N) is 1. The lowest BCUT2D eigenvalue weighted by Gasteiger charge is -2.14. The quantitative estimate of drug-likeness (QED) is 0.374. The van der Waals surface area contributed by atoms with Crippen molar-refractivity contribution in [3.05, 3.63) is 76.3 Å². The number of carbonyl (C=O) groups is 1. The highest BCUT2D eigenvalue weighted by molar-refractivity contribution is 7.18. The Hall–Kier alpha value is -3.03. The van der Waals surface area contributed by atoms with Gasteiger partial charge in [-0.2, -0.15) is 0 Å². The van der Waals surface area contributed by atoms with E-state index in [1.807, 2.05) is 31.2 Å². The lowest BCUT2D eigenvalue weighted by atomic mass is 10.0. The van der Waals surface area contributed by atoms with E-state index in [4.69, 9.17) is 11.6 Å². The van der Waals surface area contributed by atoms with Crippen molar-refractivity contribution in [1.29, 1.82) is 0 Å². The first-order valence-corrected chi connectivity index (χ1v) is 9.79. The molecule has 4 nitrogen and oxygen atoms in total. The number of hydrogen-bond donors (Lipinski definition) is 2. The molecule has 2 aromatic carbocycles. The lowest BCUT2D eigenvalue weighted by Crippen LogP contribution is -2.20. The fourth-order valence-corrected chi connectivity index (χ4v) is 4.11. The largest absolute Gasteiger partial charge is 0.323 e. The molecule has 8 heteroatoms. The number of benzene rings is 2. The number of fused-ring (bicyclic) bond motifs is 1. The highest BCUT2D eigenvalue weighted by Gasteiger charge is 2.18. The maximum Gasteiger partial charge on any atom is 0.323 e. The summed E-state index contributed by atoms with van der Waals surface area (Å²) < 4.78 is 26.9. The third-order valence-corrected chi connectivity index (χ3v) is 5.54. The van der Waals surface area contributed by atoms with Crippen molar-refractivity contribution in [1.82, 2.24) is 4.98 Å². The maximum atomic E-state index is 13.8. The van der Waals surface area contributed by atoms with Crippen LogP contribution in [0.25, 0.3) is 21.3 Å². The predicted octanol–water partition coefficient (Wildman–Crippen LogP) is 6.85. The van der Waals surface area contributed by atoms with Crippen LogP contribution in [0.4, 0.5) is 25.0 Å². The van der Waals surface area contributed by atoms with Gasteiger partial charge < -0.3 is 10.6 Å². The third-order valence-electron chi connectivity index (χ3n) is 4.26. The molecule has 0 saturated heterocycles. The van der Waals surface area contributed by atoms with Crippen LogP contribution < -0.4 is 10.6 Å². The highest BCUT2D eigenvalue weighted by Crippen LogP contribution is 2.40. The number of urea groups is 1. The number of halogens is 3. The number of anilines is 2. The number of pyridine rings is 1. The first-order valence-electron chi connectivity index (χ1n) is 8.59. The Balaban J connectivity index is 1.74. The van der Waals surface area contributed by atoms with Crippen LogP contribution >= 0.6 is 22.9 Å². The van der Waals surface area contributed by atoms with Crippen molar-refractivity contribution in [2.75, 3.05) is 10.6 Å². The monoisotopic (exact) mass is 429 g/mol. The average Bonchev–Trinajstić information content (AvgIpc) is 3.05. The van der Waals surface area contributed by atoms with Gasteiger partial charge in [0.05, 0.1) is 17.6 Å². The summed E-state index contributed by atoms with van der Waals surface area (Å²) >= 11 is 7.94. The molecule has 0 aliphatic rings. The summed E-state index contributed by atoms with van der Waals surface area (Å²) in [6.45, 7) is 1.97. The number of aryl methyl sites for hydroxylation is 1. The number of aromatic nitrogens is 1. The van der Waals surface area contributed by atoms with E-state index in [1.165, 1.54) is 17.5 Å². The van der Waals surface area contributed by atoms with Crippen molar-refractivity contribution in [3.8, 4) is 11.1 Å². The zero-order chi connectivity index (χ0) is 20.5. The van der Waals surface area contributed by atoms with Gasteiger partial charge in [0.15, 0.2) is 0 Å². The Morgan fingerprint density at radius 2 is 1.83 bits per heavy atom. The van der Waals surface area contributed by atoms with Crippen LogP contribution in [0.15, 0.2) is 54.7 Å². The second-order valence-corrected chi connectivity index (χ2v) is 7.95. The number of amides is 2. The van der Waals surface area contributed by atoms with E-state index in [1.54, 1.807) is 6.07 Å². The van der Waals surface area contributed by atoms with E-state index in [9.17, 15) is 13.6 Å². The maximum absolute atomic E-state index is 13.8. The van der Waals surface area contributed by atoms with Crippen molar-refractivity contribution >= 4 is 50.6 Å². The molecular weight excluding hydrogens is 416 g/mol. The van der Waals surface area contributed by atoms with Gasteiger partial charge in [-0.1, -0.05) is 29.8 Å². The molecule has 0 saturated carbocycles. The summed E-state index contributed by atoms with van der Waals surface area (Å²) in [5.41, 5.74) is 1.74. The number of rotatable bonds is 3. The normalized spacial score (nSPS) is 10.9. The van der Waals surface area contributed by atoms with Crippen LogP contribution in [0.3, 0.4) is 0 Å².